The maximum atomic E-state index is 13.3. The predicted molar refractivity (Wildman–Crippen MR) is 129 cm³/mol. The van der Waals surface area contributed by atoms with Gasteiger partial charge in [-0.2, -0.15) is 10.2 Å². The smallest absolute Gasteiger partial charge is 0.257 e. The van der Waals surface area contributed by atoms with Crippen LogP contribution in [0.3, 0.4) is 0 Å². The van der Waals surface area contributed by atoms with Gasteiger partial charge in [-0.15, -0.1) is 0 Å². The minimum absolute atomic E-state index is 0.241. The van der Waals surface area contributed by atoms with E-state index in [1.807, 2.05) is 72.5 Å². The molecule has 0 atom stereocenters. The van der Waals surface area contributed by atoms with Crippen molar-refractivity contribution in [1.82, 2.24) is 24.5 Å². The van der Waals surface area contributed by atoms with Crippen molar-refractivity contribution in [3.8, 4) is 11.3 Å². The fourth-order valence-electron chi connectivity index (χ4n) is 3.66. The van der Waals surface area contributed by atoms with Crippen LogP contribution in [0.4, 0.5) is 5.82 Å². The summed E-state index contributed by atoms with van der Waals surface area (Å²) in [5.74, 6) is 0.240. The summed E-state index contributed by atoms with van der Waals surface area (Å²) < 4.78 is 3.60. The van der Waals surface area contributed by atoms with Crippen LogP contribution in [0, 0.1) is 0 Å². The van der Waals surface area contributed by atoms with E-state index in [1.165, 1.54) is 0 Å². The Kier molecular flexibility index (Phi) is 5.62. The van der Waals surface area contributed by atoms with Crippen LogP contribution in [-0.4, -0.2) is 30.5 Å². The zero-order valence-electron chi connectivity index (χ0n) is 17.9. The van der Waals surface area contributed by atoms with Crippen molar-refractivity contribution in [2.24, 2.45) is 0 Å². The number of hydrogen-bond acceptors (Lipinski definition) is 4. The normalized spacial score (nSPS) is 11.1. The molecular formula is C25H21ClN6O. The second-order valence-electron chi connectivity index (χ2n) is 7.64. The van der Waals surface area contributed by atoms with Crippen LogP contribution in [0.1, 0.15) is 22.8 Å². The van der Waals surface area contributed by atoms with Crippen molar-refractivity contribution in [2.45, 2.75) is 20.0 Å². The number of halogens is 1. The molecule has 0 aliphatic carbocycles. The number of benzene rings is 2. The summed E-state index contributed by atoms with van der Waals surface area (Å²) in [6, 6.07) is 18.8. The van der Waals surface area contributed by atoms with Crippen molar-refractivity contribution in [3.05, 3.63) is 95.4 Å². The first-order chi connectivity index (χ1) is 16.1. The number of nitrogens with zero attached hydrogens (tertiary/aromatic N) is 5. The van der Waals surface area contributed by atoms with Crippen molar-refractivity contribution in [1.29, 1.82) is 0 Å². The number of hydrogen-bond donors (Lipinski definition) is 1. The molecular weight excluding hydrogens is 436 g/mol. The number of pyridine rings is 1. The zero-order chi connectivity index (χ0) is 22.8. The van der Waals surface area contributed by atoms with Crippen molar-refractivity contribution in [3.63, 3.8) is 0 Å². The first-order valence-corrected chi connectivity index (χ1v) is 11.0. The van der Waals surface area contributed by atoms with Crippen molar-refractivity contribution >= 4 is 34.2 Å². The Morgan fingerprint density at radius 2 is 1.88 bits per heavy atom. The Bertz CT molecular complexity index is 1440. The van der Waals surface area contributed by atoms with Gasteiger partial charge in [0.2, 0.25) is 0 Å². The summed E-state index contributed by atoms with van der Waals surface area (Å²) in [7, 11) is 0. The molecule has 3 heterocycles. The van der Waals surface area contributed by atoms with E-state index in [4.69, 9.17) is 16.6 Å². The van der Waals surface area contributed by atoms with E-state index in [2.05, 4.69) is 15.5 Å². The van der Waals surface area contributed by atoms with Crippen LogP contribution in [0.25, 0.3) is 22.2 Å². The van der Waals surface area contributed by atoms with Gasteiger partial charge in [0.05, 0.1) is 29.5 Å². The van der Waals surface area contributed by atoms with Crippen LogP contribution in [0.15, 0.2) is 79.3 Å². The standard InChI is InChI=1S/C25H21ClN6O/c1-2-31-16-18(14-27-31)23-13-21(20-5-3-4-6-22(20)28-23)25(33)29-24-11-12-32(30-24)15-17-7-9-19(26)10-8-17/h3-14,16H,2,15H2,1H3,(H,29,30,33). The fraction of sp³-hybridized carbons (Fsp3) is 0.120. The number of rotatable bonds is 6. The Morgan fingerprint density at radius 3 is 2.67 bits per heavy atom. The van der Waals surface area contributed by atoms with Gasteiger partial charge in [0.15, 0.2) is 5.82 Å². The van der Waals surface area contributed by atoms with Gasteiger partial charge in [0, 0.05) is 41.0 Å². The number of amides is 1. The third-order valence-electron chi connectivity index (χ3n) is 5.35. The lowest BCUT2D eigenvalue weighted by molar-refractivity contribution is 0.102. The summed E-state index contributed by atoms with van der Waals surface area (Å²) in [5.41, 5.74) is 3.92. The molecule has 0 spiro atoms. The van der Waals surface area contributed by atoms with E-state index in [0.29, 0.717) is 28.6 Å². The summed E-state index contributed by atoms with van der Waals surface area (Å²) >= 11 is 5.96. The number of carbonyl (C=O) groups excluding carboxylic acids is 1. The Hall–Kier alpha value is -3.97. The number of aromatic nitrogens is 5. The second-order valence-corrected chi connectivity index (χ2v) is 8.07. The molecule has 164 valence electrons. The number of carbonyl (C=O) groups is 1. The van der Waals surface area contributed by atoms with Gasteiger partial charge in [-0.05, 0) is 36.8 Å². The fourth-order valence-corrected chi connectivity index (χ4v) is 3.78. The van der Waals surface area contributed by atoms with Gasteiger partial charge in [-0.1, -0.05) is 41.9 Å². The molecule has 0 fully saturated rings. The molecule has 0 saturated carbocycles. The molecule has 0 bridgehead atoms. The van der Waals surface area contributed by atoms with Gasteiger partial charge in [0.25, 0.3) is 5.91 Å². The van der Waals surface area contributed by atoms with E-state index in [-0.39, 0.29) is 5.91 Å². The van der Waals surface area contributed by atoms with Crippen LogP contribution in [0.2, 0.25) is 5.02 Å². The molecule has 0 aliphatic rings. The Labute approximate surface area is 195 Å². The minimum Gasteiger partial charge on any atom is -0.305 e. The molecule has 0 saturated heterocycles. The minimum atomic E-state index is -0.241. The van der Waals surface area contributed by atoms with E-state index >= 15 is 0 Å². The number of fused-ring (bicyclic) bond motifs is 1. The molecule has 5 aromatic rings. The molecule has 7 nitrogen and oxygen atoms in total. The van der Waals surface area contributed by atoms with Crippen molar-refractivity contribution < 1.29 is 4.79 Å². The molecule has 8 heteroatoms. The third kappa shape index (κ3) is 4.49. The first kappa shape index (κ1) is 20.9. The Balaban J connectivity index is 1.42. The molecule has 0 unspecified atom stereocenters. The SMILES string of the molecule is CCn1cc(-c2cc(C(=O)Nc3ccn(Cc4ccc(Cl)cc4)n3)c3ccccc3n2)cn1. The second kappa shape index (κ2) is 8.88. The van der Waals surface area contributed by atoms with E-state index < -0.39 is 0 Å². The molecule has 1 amide bonds. The van der Waals surface area contributed by atoms with E-state index in [1.54, 1.807) is 23.0 Å². The molecule has 5 rings (SSSR count). The van der Waals surface area contributed by atoms with Gasteiger partial charge in [-0.3, -0.25) is 14.2 Å². The average Bonchev–Trinajstić information content (AvgIpc) is 3.49. The summed E-state index contributed by atoms with van der Waals surface area (Å²) in [6.07, 6.45) is 5.53. The van der Waals surface area contributed by atoms with Crippen LogP contribution < -0.4 is 5.32 Å². The monoisotopic (exact) mass is 456 g/mol. The lowest BCUT2D eigenvalue weighted by Gasteiger charge is -2.09. The lowest BCUT2D eigenvalue weighted by Crippen LogP contribution is -2.14. The largest absolute Gasteiger partial charge is 0.305 e. The maximum absolute atomic E-state index is 13.3. The third-order valence-corrected chi connectivity index (χ3v) is 5.61. The molecule has 3 aromatic heterocycles. The van der Waals surface area contributed by atoms with E-state index in [9.17, 15) is 4.79 Å². The van der Waals surface area contributed by atoms with Gasteiger partial charge < -0.3 is 5.32 Å². The maximum Gasteiger partial charge on any atom is 0.257 e. The zero-order valence-corrected chi connectivity index (χ0v) is 18.7. The predicted octanol–water partition coefficient (Wildman–Crippen LogP) is 5.27. The quantitative estimate of drug-likeness (QED) is 0.377. The van der Waals surface area contributed by atoms with Crippen LogP contribution in [-0.2, 0) is 13.1 Å². The van der Waals surface area contributed by atoms with Gasteiger partial charge in [-0.25, -0.2) is 4.98 Å². The molecule has 2 aromatic carbocycles. The summed E-state index contributed by atoms with van der Waals surface area (Å²) in [6.45, 7) is 3.37. The highest BCUT2D eigenvalue weighted by Gasteiger charge is 2.16. The highest BCUT2D eigenvalue weighted by Crippen LogP contribution is 2.25. The number of para-hydroxylation sites is 1. The molecule has 33 heavy (non-hydrogen) atoms. The van der Waals surface area contributed by atoms with Gasteiger partial charge in [0.1, 0.15) is 0 Å². The van der Waals surface area contributed by atoms with Crippen LogP contribution in [0.5, 0.6) is 0 Å². The van der Waals surface area contributed by atoms with Crippen molar-refractivity contribution in [2.75, 3.05) is 5.32 Å². The molecule has 0 radical (unpaired) electrons. The number of nitrogens with one attached hydrogen (secondary N) is 1. The number of anilines is 1. The van der Waals surface area contributed by atoms with Gasteiger partial charge >= 0.3 is 0 Å². The highest BCUT2D eigenvalue weighted by atomic mass is 35.5. The molecule has 0 aliphatic heterocycles. The topological polar surface area (TPSA) is 77.6 Å². The highest BCUT2D eigenvalue weighted by molar-refractivity contribution is 6.30. The lowest BCUT2D eigenvalue weighted by atomic mass is 10.0. The average molecular weight is 457 g/mol. The Morgan fingerprint density at radius 1 is 1.06 bits per heavy atom. The summed E-state index contributed by atoms with van der Waals surface area (Å²) in [5, 5.41) is 13.2. The number of aryl methyl sites for hydroxylation is 1. The van der Waals surface area contributed by atoms with E-state index in [0.717, 1.165) is 28.6 Å². The first-order valence-electron chi connectivity index (χ1n) is 10.6. The molecule has 1 N–H and O–H groups in total. The van der Waals surface area contributed by atoms with Crippen LogP contribution >= 0.6 is 11.6 Å². The summed E-state index contributed by atoms with van der Waals surface area (Å²) in [4.78, 5) is 18.0.